The van der Waals surface area contributed by atoms with Crippen LogP contribution in [0.4, 0.5) is 0 Å². The summed E-state index contributed by atoms with van der Waals surface area (Å²) in [6.07, 6.45) is 0.720. The first-order chi connectivity index (χ1) is 15.4. The number of benzene rings is 2. The number of rotatable bonds is 8. The van der Waals surface area contributed by atoms with E-state index in [1.165, 1.54) is 0 Å². The normalized spacial score (nSPS) is 14.2. The van der Waals surface area contributed by atoms with Gasteiger partial charge in [0.05, 0.1) is 13.5 Å². The molecule has 1 aromatic heterocycles. The van der Waals surface area contributed by atoms with Crippen molar-refractivity contribution in [3.8, 4) is 28.6 Å². The summed E-state index contributed by atoms with van der Waals surface area (Å²) in [4.78, 5) is 24.8. The first-order valence-electron chi connectivity index (χ1n) is 10.5. The average Bonchev–Trinajstić information content (AvgIpc) is 3.39. The quantitative estimate of drug-likeness (QED) is 0.557. The number of primary amides is 1. The number of carbonyl (C=O) groups is 2. The fourth-order valence-corrected chi connectivity index (χ4v) is 3.80. The van der Waals surface area contributed by atoms with E-state index in [0.29, 0.717) is 40.6 Å². The molecule has 1 aliphatic heterocycles. The van der Waals surface area contributed by atoms with Crippen LogP contribution in [-0.2, 0) is 16.0 Å². The van der Waals surface area contributed by atoms with Crippen LogP contribution < -0.4 is 25.3 Å². The second-order valence-corrected chi connectivity index (χ2v) is 7.85. The zero-order valence-electron chi connectivity index (χ0n) is 18.3. The highest BCUT2D eigenvalue weighted by Crippen LogP contribution is 2.42. The third kappa shape index (κ3) is 4.08. The zero-order chi connectivity index (χ0) is 22.8. The Bertz CT molecular complexity index is 1150. The highest BCUT2D eigenvalue weighted by Gasteiger charge is 2.27. The Labute approximate surface area is 185 Å². The second-order valence-electron chi connectivity index (χ2n) is 7.85. The topological polar surface area (TPSA) is 113 Å². The number of nitrogens with one attached hydrogen (secondary N) is 1. The van der Waals surface area contributed by atoms with Crippen LogP contribution >= 0.6 is 0 Å². The smallest absolute Gasteiger partial charge is 0.240 e. The lowest BCUT2D eigenvalue weighted by molar-refractivity contribution is -0.128. The minimum Gasteiger partial charge on any atom is -0.497 e. The average molecular weight is 438 g/mol. The third-order valence-electron chi connectivity index (χ3n) is 5.81. The van der Waals surface area contributed by atoms with Gasteiger partial charge in [-0.05, 0) is 36.2 Å². The fourth-order valence-electron chi connectivity index (χ4n) is 3.80. The van der Waals surface area contributed by atoms with E-state index in [1.807, 2.05) is 44.2 Å². The van der Waals surface area contributed by atoms with Crippen molar-refractivity contribution < 1.29 is 28.2 Å². The number of amides is 2. The standard InChI is InChI=1S/C24H26N2O6/c1-4-13(2)22(24(25)28)26-21(27)10-17-16-9-19-20(31-12-30-19)11-18(16)32-23(17)14-5-7-15(29-3)8-6-14/h5-9,11,13,22H,4,10,12H2,1-3H3,(H2,25,28)(H,26,27)/t13-,22-/m0/s1. The molecule has 2 heterocycles. The van der Waals surface area contributed by atoms with Gasteiger partial charge >= 0.3 is 0 Å². The summed E-state index contributed by atoms with van der Waals surface area (Å²) in [5.74, 6) is 1.51. The van der Waals surface area contributed by atoms with Crippen LogP contribution in [-0.4, -0.2) is 31.8 Å². The fraction of sp³-hybridized carbons (Fsp3) is 0.333. The summed E-state index contributed by atoms with van der Waals surface area (Å²) < 4.78 is 22.4. The molecule has 8 nitrogen and oxygen atoms in total. The van der Waals surface area contributed by atoms with Gasteiger partial charge in [0.2, 0.25) is 18.6 Å². The highest BCUT2D eigenvalue weighted by molar-refractivity contribution is 5.96. The van der Waals surface area contributed by atoms with E-state index in [9.17, 15) is 9.59 Å². The van der Waals surface area contributed by atoms with E-state index in [0.717, 1.165) is 10.9 Å². The maximum Gasteiger partial charge on any atom is 0.240 e. The lowest BCUT2D eigenvalue weighted by Gasteiger charge is -2.21. The van der Waals surface area contributed by atoms with Gasteiger partial charge in [-0.1, -0.05) is 20.3 Å². The van der Waals surface area contributed by atoms with Crippen molar-refractivity contribution in [1.82, 2.24) is 5.32 Å². The van der Waals surface area contributed by atoms with Crippen LogP contribution in [0.5, 0.6) is 17.2 Å². The molecule has 0 aliphatic carbocycles. The molecule has 2 aromatic carbocycles. The van der Waals surface area contributed by atoms with Gasteiger partial charge in [-0.15, -0.1) is 0 Å². The second kappa shape index (κ2) is 8.82. The van der Waals surface area contributed by atoms with Gasteiger partial charge in [-0.2, -0.15) is 0 Å². The van der Waals surface area contributed by atoms with Gasteiger partial charge in [-0.25, -0.2) is 0 Å². The maximum atomic E-state index is 13.0. The van der Waals surface area contributed by atoms with Gasteiger partial charge in [-0.3, -0.25) is 9.59 Å². The van der Waals surface area contributed by atoms with Crippen LogP contribution in [0.25, 0.3) is 22.3 Å². The van der Waals surface area contributed by atoms with Crippen molar-refractivity contribution >= 4 is 22.8 Å². The van der Waals surface area contributed by atoms with Crippen molar-refractivity contribution in [1.29, 1.82) is 0 Å². The van der Waals surface area contributed by atoms with Crippen molar-refractivity contribution in [2.45, 2.75) is 32.7 Å². The van der Waals surface area contributed by atoms with Crippen LogP contribution in [0.2, 0.25) is 0 Å². The molecule has 0 saturated heterocycles. The zero-order valence-corrected chi connectivity index (χ0v) is 18.3. The molecule has 0 radical (unpaired) electrons. The van der Waals surface area contributed by atoms with E-state index in [1.54, 1.807) is 13.2 Å². The first-order valence-corrected chi connectivity index (χ1v) is 10.5. The monoisotopic (exact) mass is 438 g/mol. The molecule has 0 saturated carbocycles. The highest BCUT2D eigenvalue weighted by atomic mass is 16.7. The number of methoxy groups -OCH3 is 1. The maximum absolute atomic E-state index is 13.0. The lowest BCUT2D eigenvalue weighted by atomic mass is 9.97. The van der Waals surface area contributed by atoms with Gasteiger partial charge in [0.1, 0.15) is 23.1 Å². The van der Waals surface area contributed by atoms with Gasteiger partial charge in [0, 0.05) is 22.6 Å². The first kappa shape index (κ1) is 21.5. The van der Waals surface area contributed by atoms with Gasteiger partial charge in [0.15, 0.2) is 11.5 Å². The van der Waals surface area contributed by atoms with Crippen molar-refractivity contribution in [2.24, 2.45) is 11.7 Å². The number of furan rings is 1. The SMILES string of the molecule is CC[C@H](C)[C@H](NC(=O)Cc1c(-c2ccc(OC)cc2)oc2cc3c(cc12)OCO3)C(N)=O. The summed E-state index contributed by atoms with van der Waals surface area (Å²) in [7, 11) is 1.60. The molecule has 2 atom stereocenters. The molecular formula is C24H26N2O6. The molecule has 0 unspecified atom stereocenters. The van der Waals surface area contributed by atoms with Gasteiger partial charge in [0.25, 0.3) is 0 Å². The Morgan fingerprint density at radius 2 is 1.84 bits per heavy atom. The van der Waals surface area contributed by atoms with Crippen LogP contribution in [0.3, 0.4) is 0 Å². The molecule has 32 heavy (non-hydrogen) atoms. The molecule has 3 aromatic rings. The molecule has 2 amide bonds. The number of nitrogens with two attached hydrogens (primary N) is 1. The molecule has 0 bridgehead atoms. The Hall–Kier alpha value is -3.68. The number of ether oxygens (including phenoxy) is 3. The Morgan fingerprint density at radius 3 is 2.47 bits per heavy atom. The lowest BCUT2D eigenvalue weighted by Crippen LogP contribution is -2.48. The summed E-state index contributed by atoms with van der Waals surface area (Å²) in [5, 5.41) is 3.53. The number of carbonyl (C=O) groups excluding carboxylic acids is 2. The van der Waals surface area contributed by atoms with E-state index >= 15 is 0 Å². The minimum absolute atomic E-state index is 0.00816. The molecule has 8 heteroatoms. The van der Waals surface area contributed by atoms with E-state index < -0.39 is 11.9 Å². The van der Waals surface area contributed by atoms with Gasteiger partial charge < -0.3 is 29.7 Å². The number of hydrogen-bond acceptors (Lipinski definition) is 6. The molecule has 1 aliphatic rings. The number of hydrogen-bond donors (Lipinski definition) is 2. The number of fused-ring (bicyclic) bond motifs is 2. The molecule has 4 rings (SSSR count). The molecule has 0 fully saturated rings. The summed E-state index contributed by atoms with van der Waals surface area (Å²) >= 11 is 0. The molecule has 3 N–H and O–H groups in total. The van der Waals surface area contributed by atoms with E-state index in [2.05, 4.69) is 5.32 Å². The predicted octanol–water partition coefficient (Wildman–Crippen LogP) is 3.40. The Balaban J connectivity index is 1.73. The summed E-state index contributed by atoms with van der Waals surface area (Å²) in [6.45, 7) is 3.96. The largest absolute Gasteiger partial charge is 0.497 e. The van der Waals surface area contributed by atoms with Crippen LogP contribution in [0, 0.1) is 5.92 Å². The van der Waals surface area contributed by atoms with Crippen molar-refractivity contribution in [3.05, 3.63) is 42.0 Å². The summed E-state index contributed by atoms with van der Waals surface area (Å²) in [5.41, 5.74) is 7.58. The van der Waals surface area contributed by atoms with E-state index in [-0.39, 0.29) is 25.0 Å². The van der Waals surface area contributed by atoms with Crippen LogP contribution in [0.1, 0.15) is 25.8 Å². The predicted molar refractivity (Wildman–Crippen MR) is 119 cm³/mol. The molecule has 0 spiro atoms. The van der Waals surface area contributed by atoms with Crippen LogP contribution in [0.15, 0.2) is 40.8 Å². The Kier molecular flexibility index (Phi) is 5.94. The van der Waals surface area contributed by atoms with E-state index in [4.69, 9.17) is 24.4 Å². The van der Waals surface area contributed by atoms with Crippen molar-refractivity contribution in [2.75, 3.05) is 13.9 Å². The molecule has 168 valence electrons. The third-order valence-corrected chi connectivity index (χ3v) is 5.81. The summed E-state index contributed by atoms with van der Waals surface area (Å²) in [6, 6.07) is 10.2. The Morgan fingerprint density at radius 1 is 1.16 bits per heavy atom. The van der Waals surface area contributed by atoms with Crippen molar-refractivity contribution in [3.63, 3.8) is 0 Å². The minimum atomic E-state index is -0.740. The molecular weight excluding hydrogens is 412 g/mol.